The highest BCUT2D eigenvalue weighted by molar-refractivity contribution is 6.30. The number of hydrogen-bond donors (Lipinski definition) is 1. The van der Waals surface area contributed by atoms with Gasteiger partial charge in [0.25, 0.3) is 5.91 Å². The molecule has 3 rings (SSSR count). The lowest BCUT2D eigenvalue weighted by Gasteiger charge is -2.36. The molecule has 1 unspecified atom stereocenters. The third-order valence-electron chi connectivity index (χ3n) is 3.79. The van der Waals surface area contributed by atoms with Crippen molar-refractivity contribution in [1.29, 1.82) is 0 Å². The molecule has 0 radical (unpaired) electrons. The molecule has 1 atom stereocenters. The highest BCUT2D eigenvalue weighted by Gasteiger charge is 2.30. The van der Waals surface area contributed by atoms with Gasteiger partial charge in [-0.25, -0.2) is 0 Å². The van der Waals surface area contributed by atoms with E-state index in [1.165, 1.54) is 0 Å². The van der Waals surface area contributed by atoms with Crippen molar-refractivity contribution in [3.63, 3.8) is 0 Å². The van der Waals surface area contributed by atoms with Crippen molar-refractivity contribution in [2.24, 2.45) is 0 Å². The minimum Gasteiger partial charge on any atom is -0.459 e. The number of rotatable bonds is 2. The first-order valence-corrected chi connectivity index (χ1v) is 7.36. The van der Waals surface area contributed by atoms with Gasteiger partial charge in [0.1, 0.15) is 0 Å². The van der Waals surface area contributed by atoms with E-state index in [0.717, 1.165) is 17.7 Å². The van der Waals surface area contributed by atoms with Gasteiger partial charge in [0.2, 0.25) is 0 Å². The van der Waals surface area contributed by atoms with Crippen LogP contribution in [0.15, 0.2) is 41.0 Å². The van der Waals surface area contributed by atoms with Crippen molar-refractivity contribution in [2.45, 2.75) is 13.0 Å². The van der Waals surface area contributed by atoms with E-state index >= 15 is 0 Å². The quantitative estimate of drug-likeness (QED) is 0.910. The number of benzene rings is 1. The molecule has 1 N–H and O–H groups in total. The number of carbonyl (C=O) groups excluding carboxylic acids is 1. The van der Waals surface area contributed by atoms with E-state index in [1.54, 1.807) is 6.26 Å². The maximum atomic E-state index is 12.7. The van der Waals surface area contributed by atoms with E-state index < -0.39 is 0 Å². The standard InChI is InChI=1S/C16H17ClN2O2.ClH/c1-11-5-8-21-15(11)16(20)19-7-6-18-10-14(19)12-3-2-4-13(17)9-12;/h2-5,8-9,14,18H,6-7,10H2,1H3;1H. The first kappa shape index (κ1) is 16.9. The van der Waals surface area contributed by atoms with Crippen molar-refractivity contribution >= 4 is 29.9 Å². The Hall–Kier alpha value is -1.49. The number of halogens is 2. The van der Waals surface area contributed by atoms with Crippen LogP contribution in [-0.2, 0) is 0 Å². The average Bonchev–Trinajstić information content (AvgIpc) is 2.93. The fourth-order valence-corrected chi connectivity index (χ4v) is 2.88. The summed E-state index contributed by atoms with van der Waals surface area (Å²) in [6.45, 7) is 4.03. The summed E-state index contributed by atoms with van der Waals surface area (Å²) < 4.78 is 5.35. The number of piperazine rings is 1. The highest BCUT2D eigenvalue weighted by Crippen LogP contribution is 2.27. The van der Waals surface area contributed by atoms with E-state index in [9.17, 15) is 4.79 Å². The Morgan fingerprint density at radius 1 is 1.41 bits per heavy atom. The molecule has 0 aliphatic carbocycles. The molecule has 1 aromatic heterocycles. The van der Waals surface area contributed by atoms with E-state index in [0.29, 0.717) is 23.9 Å². The van der Waals surface area contributed by atoms with Gasteiger partial charge in [-0.1, -0.05) is 23.7 Å². The summed E-state index contributed by atoms with van der Waals surface area (Å²) in [6, 6.07) is 9.43. The Kier molecular flexibility index (Phi) is 5.51. The van der Waals surface area contributed by atoms with Crippen LogP contribution in [0.4, 0.5) is 0 Å². The smallest absolute Gasteiger partial charge is 0.290 e. The molecule has 118 valence electrons. The van der Waals surface area contributed by atoms with Crippen LogP contribution in [0.25, 0.3) is 0 Å². The lowest BCUT2D eigenvalue weighted by Crippen LogP contribution is -2.48. The van der Waals surface area contributed by atoms with E-state index in [4.69, 9.17) is 16.0 Å². The summed E-state index contributed by atoms with van der Waals surface area (Å²) in [7, 11) is 0. The number of furan rings is 1. The van der Waals surface area contributed by atoms with Gasteiger partial charge in [0.15, 0.2) is 5.76 Å². The van der Waals surface area contributed by atoms with E-state index in [1.807, 2.05) is 42.2 Å². The first-order valence-electron chi connectivity index (χ1n) is 6.98. The van der Waals surface area contributed by atoms with Crippen LogP contribution in [0.2, 0.25) is 5.02 Å². The van der Waals surface area contributed by atoms with Crippen LogP contribution in [0.3, 0.4) is 0 Å². The second-order valence-electron chi connectivity index (χ2n) is 5.21. The highest BCUT2D eigenvalue weighted by atomic mass is 35.5. The summed E-state index contributed by atoms with van der Waals surface area (Å²) >= 11 is 6.07. The molecule has 1 fully saturated rings. The Morgan fingerprint density at radius 2 is 2.23 bits per heavy atom. The molecule has 1 amide bonds. The van der Waals surface area contributed by atoms with Crippen LogP contribution >= 0.6 is 24.0 Å². The summed E-state index contributed by atoms with van der Waals surface area (Å²) in [5.41, 5.74) is 1.90. The summed E-state index contributed by atoms with van der Waals surface area (Å²) in [5.74, 6) is 0.355. The van der Waals surface area contributed by atoms with Crippen molar-refractivity contribution in [3.05, 3.63) is 58.5 Å². The molecular formula is C16H18Cl2N2O2. The van der Waals surface area contributed by atoms with Crippen LogP contribution < -0.4 is 5.32 Å². The number of aryl methyl sites for hydroxylation is 1. The molecular weight excluding hydrogens is 323 g/mol. The normalized spacial score (nSPS) is 17.9. The predicted molar refractivity (Wildman–Crippen MR) is 88.8 cm³/mol. The Labute approximate surface area is 140 Å². The third kappa shape index (κ3) is 3.29. The fourth-order valence-electron chi connectivity index (χ4n) is 2.68. The SMILES string of the molecule is Cc1ccoc1C(=O)N1CCNCC1c1cccc(Cl)c1.Cl. The zero-order valence-corrected chi connectivity index (χ0v) is 13.8. The summed E-state index contributed by atoms with van der Waals surface area (Å²) in [6.07, 6.45) is 1.55. The number of nitrogens with zero attached hydrogens (tertiary/aromatic N) is 1. The molecule has 1 saturated heterocycles. The van der Waals surface area contributed by atoms with Crippen molar-refractivity contribution < 1.29 is 9.21 Å². The van der Waals surface area contributed by atoms with E-state index in [2.05, 4.69) is 5.32 Å². The molecule has 1 aliphatic rings. The van der Waals surface area contributed by atoms with E-state index in [-0.39, 0.29) is 24.4 Å². The molecule has 4 nitrogen and oxygen atoms in total. The number of nitrogens with one attached hydrogen (secondary N) is 1. The van der Waals surface area contributed by atoms with Gasteiger partial charge < -0.3 is 14.6 Å². The summed E-state index contributed by atoms with van der Waals surface area (Å²) in [5, 5.41) is 4.01. The second kappa shape index (κ2) is 7.18. The van der Waals surface area contributed by atoms with Crippen LogP contribution in [0.5, 0.6) is 0 Å². The maximum absolute atomic E-state index is 12.7. The third-order valence-corrected chi connectivity index (χ3v) is 4.03. The largest absolute Gasteiger partial charge is 0.459 e. The number of amides is 1. The van der Waals surface area contributed by atoms with Crippen LogP contribution in [0.1, 0.15) is 27.7 Å². The molecule has 2 heterocycles. The lowest BCUT2D eigenvalue weighted by atomic mass is 10.0. The monoisotopic (exact) mass is 340 g/mol. The molecule has 0 spiro atoms. The van der Waals surface area contributed by atoms with Crippen LogP contribution in [0, 0.1) is 6.92 Å². The zero-order chi connectivity index (χ0) is 14.8. The van der Waals surface area contributed by atoms with Gasteiger partial charge in [-0.05, 0) is 30.7 Å². The fraction of sp³-hybridized carbons (Fsp3) is 0.312. The minimum absolute atomic E-state index is 0. The molecule has 6 heteroatoms. The topological polar surface area (TPSA) is 45.5 Å². The lowest BCUT2D eigenvalue weighted by molar-refractivity contribution is 0.0600. The molecule has 0 saturated carbocycles. The maximum Gasteiger partial charge on any atom is 0.290 e. The van der Waals surface area contributed by atoms with Gasteiger partial charge >= 0.3 is 0 Å². The predicted octanol–water partition coefficient (Wildman–Crippen LogP) is 3.45. The minimum atomic E-state index is -0.0658. The molecule has 22 heavy (non-hydrogen) atoms. The van der Waals surface area contributed by atoms with Crippen LogP contribution in [-0.4, -0.2) is 30.4 Å². The van der Waals surface area contributed by atoms with Gasteiger partial charge in [-0.3, -0.25) is 4.79 Å². The molecule has 0 bridgehead atoms. The number of carbonyl (C=O) groups is 1. The Bertz CT molecular complexity index is 657. The van der Waals surface area contributed by atoms with Gasteiger partial charge in [0.05, 0.1) is 12.3 Å². The first-order chi connectivity index (χ1) is 10.2. The Morgan fingerprint density at radius 3 is 2.91 bits per heavy atom. The molecule has 1 aromatic carbocycles. The molecule has 1 aliphatic heterocycles. The molecule has 2 aromatic rings. The van der Waals surface area contributed by atoms with Crippen molar-refractivity contribution in [2.75, 3.05) is 19.6 Å². The average molecular weight is 341 g/mol. The zero-order valence-electron chi connectivity index (χ0n) is 12.2. The Balaban J connectivity index is 0.00000176. The summed E-state index contributed by atoms with van der Waals surface area (Å²) in [4.78, 5) is 14.6. The van der Waals surface area contributed by atoms with Gasteiger partial charge in [0, 0.05) is 30.2 Å². The van der Waals surface area contributed by atoms with Gasteiger partial charge in [-0.15, -0.1) is 12.4 Å². The number of hydrogen-bond acceptors (Lipinski definition) is 3. The van der Waals surface area contributed by atoms with Crippen molar-refractivity contribution in [1.82, 2.24) is 10.2 Å². The van der Waals surface area contributed by atoms with Gasteiger partial charge in [-0.2, -0.15) is 0 Å². The van der Waals surface area contributed by atoms with Crippen molar-refractivity contribution in [3.8, 4) is 0 Å². The second-order valence-corrected chi connectivity index (χ2v) is 5.64.